The number of aliphatic imine (C=N–C) groups is 2. The smallest absolute Gasteiger partial charge is 0.343 e. The van der Waals surface area contributed by atoms with Gasteiger partial charge in [0.2, 0.25) is 0 Å². The van der Waals surface area contributed by atoms with E-state index in [-0.39, 0.29) is 40.1 Å². The highest BCUT2D eigenvalue weighted by Crippen LogP contribution is 2.27. The van der Waals surface area contributed by atoms with Crippen LogP contribution >= 0.6 is 23.2 Å². The quantitative estimate of drug-likeness (QED) is 0.429. The van der Waals surface area contributed by atoms with Crippen LogP contribution in [0.15, 0.2) is 63.8 Å². The Labute approximate surface area is 177 Å². The molecular weight excluding hydrogens is 415 g/mol. The molecule has 0 unspecified atom stereocenters. The van der Waals surface area contributed by atoms with E-state index in [0.717, 1.165) is 0 Å². The number of hydrogen-bond acceptors (Lipinski definition) is 4. The van der Waals surface area contributed by atoms with Crippen molar-refractivity contribution in [2.24, 2.45) is 9.98 Å². The zero-order valence-corrected chi connectivity index (χ0v) is 17.1. The number of carbonyl (C=O) groups is 2. The molecule has 1 amide bonds. The molecular formula is C21H16Cl2N2O4. The first-order chi connectivity index (χ1) is 13.8. The summed E-state index contributed by atoms with van der Waals surface area (Å²) in [6.07, 6.45) is 0. The third-order valence-corrected chi connectivity index (χ3v) is 4.64. The minimum absolute atomic E-state index is 0.0820. The first kappa shape index (κ1) is 20.8. The highest BCUT2D eigenvalue weighted by molar-refractivity contribution is 6.38. The number of carbonyl (C=O) groups excluding carboxylic acids is 2. The Morgan fingerprint density at radius 1 is 1.14 bits per heavy atom. The minimum atomic E-state index is -0.714. The molecule has 148 valence electrons. The lowest BCUT2D eigenvalue weighted by molar-refractivity contribution is -0.138. The lowest BCUT2D eigenvalue weighted by Gasteiger charge is -2.08. The fourth-order valence-electron chi connectivity index (χ4n) is 2.83. The number of nitrogens with zero attached hydrogens (tertiary/aromatic N) is 2. The zero-order chi connectivity index (χ0) is 21.1. The van der Waals surface area contributed by atoms with E-state index in [2.05, 4.69) is 9.98 Å². The number of aliphatic hydroxyl groups is 1. The van der Waals surface area contributed by atoms with Crippen molar-refractivity contribution in [3.8, 4) is 0 Å². The Hall–Kier alpha value is -2.96. The van der Waals surface area contributed by atoms with Gasteiger partial charge in [-0.25, -0.2) is 9.79 Å². The number of benzene rings is 2. The van der Waals surface area contributed by atoms with E-state index < -0.39 is 11.9 Å². The van der Waals surface area contributed by atoms with Crippen LogP contribution in [0, 0.1) is 0 Å². The molecule has 0 saturated carbocycles. The molecule has 8 heteroatoms. The molecule has 29 heavy (non-hydrogen) atoms. The van der Waals surface area contributed by atoms with Gasteiger partial charge in [0.1, 0.15) is 11.3 Å². The fraction of sp³-hybridized carbons (Fsp3) is 0.143. The van der Waals surface area contributed by atoms with Crippen molar-refractivity contribution < 1.29 is 19.4 Å². The fourth-order valence-corrected chi connectivity index (χ4v) is 3.31. The van der Waals surface area contributed by atoms with Crippen LogP contribution in [0.4, 0.5) is 0 Å². The van der Waals surface area contributed by atoms with Crippen LogP contribution in [0.2, 0.25) is 10.0 Å². The number of halogens is 2. The van der Waals surface area contributed by atoms with E-state index >= 15 is 0 Å². The summed E-state index contributed by atoms with van der Waals surface area (Å²) in [5.41, 5.74) is 1.38. The number of esters is 1. The van der Waals surface area contributed by atoms with E-state index in [9.17, 15) is 14.7 Å². The van der Waals surface area contributed by atoms with Crippen LogP contribution in [-0.4, -0.2) is 35.1 Å². The normalized spacial score (nSPS) is 14.9. The van der Waals surface area contributed by atoms with Crippen molar-refractivity contribution >= 4 is 46.6 Å². The highest BCUT2D eigenvalue weighted by Gasteiger charge is 2.30. The molecule has 0 atom stereocenters. The van der Waals surface area contributed by atoms with Crippen LogP contribution in [0.3, 0.4) is 0 Å². The van der Waals surface area contributed by atoms with Gasteiger partial charge in [-0.2, -0.15) is 4.99 Å². The molecule has 0 saturated heterocycles. The van der Waals surface area contributed by atoms with E-state index in [4.69, 9.17) is 27.9 Å². The molecule has 1 aliphatic heterocycles. The Morgan fingerprint density at radius 2 is 1.83 bits per heavy atom. The number of hydrogen-bond donors (Lipinski definition) is 1. The maximum atomic E-state index is 12.7. The second kappa shape index (κ2) is 8.59. The van der Waals surface area contributed by atoms with Crippen molar-refractivity contribution in [2.45, 2.75) is 13.8 Å². The van der Waals surface area contributed by atoms with Gasteiger partial charge in [-0.05, 0) is 32.0 Å². The van der Waals surface area contributed by atoms with Crippen molar-refractivity contribution in [1.29, 1.82) is 0 Å². The third-order valence-electron chi connectivity index (χ3n) is 4.09. The Kier molecular flexibility index (Phi) is 6.15. The highest BCUT2D eigenvalue weighted by atomic mass is 35.5. The van der Waals surface area contributed by atoms with Gasteiger partial charge >= 0.3 is 5.97 Å². The molecule has 1 aliphatic rings. The summed E-state index contributed by atoms with van der Waals surface area (Å²) >= 11 is 12.0. The molecule has 0 aliphatic carbocycles. The zero-order valence-electron chi connectivity index (χ0n) is 15.6. The summed E-state index contributed by atoms with van der Waals surface area (Å²) in [5, 5.41) is 10.6. The predicted octanol–water partition coefficient (Wildman–Crippen LogP) is 4.78. The maximum absolute atomic E-state index is 12.7. The molecule has 2 aromatic carbocycles. The lowest BCUT2D eigenvalue weighted by atomic mass is 9.99. The van der Waals surface area contributed by atoms with E-state index in [1.54, 1.807) is 31.2 Å². The monoisotopic (exact) mass is 430 g/mol. The molecule has 0 spiro atoms. The average molecular weight is 431 g/mol. The maximum Gasteiger partial charge on any atom is 0.343 e. The van der Waals surface area contributed by atoms with Gasteiger partial charge < -0.3 is 9.84 Å². The van der Waals surface area contributed by atoms with Crippen LogP contribution in [0.25, 0.3) is 0 Å². The molecule has 0 bridgehead atoms. The van der Waals surface area contributed by atoms with Crippen LogP contribution < -0.4 is 0 Å². The van der Waals surface area contributed by atoms with Gasteiger partial charge in [0, 0.05) is 16.1 Å². The summed E-state index contributed by atoms with van der Waals surface area (Å²) in [6.45, 7) is 3.16. The SMILES string of the molecule is CCOC(=O)/C(C1=NC(=NC(=O)c2ccc(Cl)cc2Cl)c2ccccc21)=C(\C)O. The molecule has 6 nitrogen and oxygen atoms in total. The molecule has 3 rings (SSSR count). The number of amides is 1. The van der Waals surface area contributed by atoms with E-state index in [0.29, 0.717) is 16.1 Å². The summed E-state index contributed by atoms with van der Waals surface area (Å²) in [4.78, 5) is 33.4. The predicted molar refractivity (Wildman–Crippen MR) is 112 cm³/mol. The van der Waals surface area contributed by atoms with Crippen LogP contribution in [0.5, 0.6) is 0 Å². The van der Waals surface area contributed by atoms with Gasteiger partial charge in [-0.3, -0.25) is 4.79 Å². The first-order valence-electron chi connectivity index (χ1n) is 8.67. The topological polar surface area (TPSA) is 88.3 Å². The van der Waals surface area contributed by atoms with E-state index in [1.165, 1.54) is 25.1 Å². The standard InChI is InChI=1S/C21H16Cl2N2O4/c1-3-29-21(28)17(11(2)26)18-13-6-4-5-7-14(13)19(24-18)25-20(27)15-9-8-12(22)10-16(15)23/h4-10,26H,3H2,1-2H3/b17-11+,25-19?. The number of ether oxygens (including phenoxy) is 1. The molecule has 0 radical (unpaired) electrons. The second-order valence-corrected chi connectivity index (χ2v) is 6.90. The van der Waals surface area contributed by atoms with Gasteiger partial charge in [-0.15, -0.1) is 0 Å². The summed E-state index contributed by atoms with van der Waals surface area (Å²) < 4.78 is 5.03. The summed E-state index contributed by atoms with van der Waals surface area (Å²) in [7, 11) is 0. The summed E-state index contributed by atoms with van der Waals surface area (Å²) in [5.74, 6) is -1.46. The number of rotatable bonds is 4. The Bertz CT molecular complexity index is 1100. The average Bonchev–Trinajstić information content (AvgIpc) is 3.00. The molecule has 0 aromatic heterocycles. The number of fused-ring (bicyclic) bond motifs is 1. The minimum Gasteiger partial charge on any atom is -0.512 e. The summed E-state index contributed by atoms with van der Waals surface area (Å²) in [6, 6.07) is 11.4. The largest absolute Gasteiger partial charge is 0.512 e. The Morgan fingerprint density at radius 3 is 2.45 bits per heavy atom. The van der Waals surface area contributed by atoms with Crippen molar-refractivity contribution in [1.82, 2.24) is 0 Å². The van der Waals surface area contributed by atoms with Gasteiger partial charge in [0.05, 0.1) is 22.9 Å². The lowest BCUT2D eigenvalue weighted by Crippen LogP contribution is -2.18. The molecule has 2 aromatic rings. The van der Waals surface area contributed by atoms with Crippen LogP contribution in [0.1, 0.15) is 35.3 Å². The molecule has 1 N–H and O–H groups in total. The number of amidine groups is 1. The van der Waals surface area contributed by atoms with Gasteiger partial charge in [0.25, 0.3) is 5.91 Å². The molecule has 0 fully saturated rings. The second-order valence-electron chi connectivity index (χ2n) is 6.05. The van der Waals surface area contributed by atoms with Crippen molar-refractivity contribution in [2.75, 3.05) is 6.61 Å². The molecule has 1 heterocycles. The number of allylic oxidation sites excluding steroid dienone is 1. The number of aliphatic hydroxyl groups excluding tert-OH is 1. The van der Waals surface area contributed by atoms with E-state index in [1.807, 2.05) is 0 Å². The van der Waals surface area contributed by atoms with Crippen LogP contribution in [-0.2, 0) is 9.53 Å². The van der Waals surface area contributed by atoms with Gasteiger partial charge in [-0.1, -0.05) is 47.5 Å². The third kappa shape index (κ3) is 4.23. The first-order valence-corrected chi connectivity index (χ1v) is 9.43. The Balaban J connectivity index is 2.11. The van der Waals surface area contributed by atoms with Crippen molar-refractivity contribution in [3.05, 3.63) is 80.5 Å². The van der Waals surface area contributed by atoms with Gasteiger partial charge in [0.15, 0.2) is 5.84 Å². The van der Waals surface area contributed by atoms with Crippen molar-refractivity contribution in [3.63, 3.8) is 0 Å².